The lowest BCUT2D eigenvalue weighted by molar-refractivity contribution is 0.580. The first-order valence-electron chi connectivity index (χ1n) is 5.21. The quantitative estimate of drug-likeness (QED) is 0.638. The summed E-state index contributed by atoms with van der Waals surface area (Å²) in [4.78, 5) is 0.640. The van der Waals surface area contributed by atoms with Crippen LogP contribution in [0.5, 0.6) is 0 Å². The highest BCUT2D eigenvalue weighted by molar-refractivity contribution is 7.89. The number of nitrogens with two attached hydrogens (primary N) is 1. The summed E-state index contributed by atoms with van der Waals surface area (Å²) in [5.41, 5.74) is 7.27. The lowest BCUT2D eigenvalue weighted by Crippen LogP contribution is -2.23. The third-order valence-electron chi connectivity index (χ3n) is 2.25. The summed E-state index contributed by atoms with van der Waals surface area (Å²) < 4.78 is 14.8. The molecule has 0 aliphatic rings. The Morgan fingerprint density at radius 3 is 2.71 bits per heavy atom. The zero-order chi connectivity index (χ0) is 12.1. The molecular weight excluding hydrogens is 232 g/mol. The van der Waals surface area contributed by atoms with Crippen LogP contribution in [0.3, 0.4) is 0 Å². The van der Waals surface area contributed by atoms with Crippen molar-refractivity contribution >= 4 is 17.0 Å². The Morgan fingerprint density at radius 1 is 1.24 bits per heavy atom. The maximum atomic E-state index is 11.9. The van der Waals surface area contributed by atoms with Crippen molar-refractivity contribution in [1.29, 1.82) is 0 Å². The summed E-state index contributed by atoms with van der Waals surface area (Å²) in [6, 6.07) is 17.7. The molecule has 1 radical (unpaired) electrons. The molecule has 1 unspecified atom stereocenters. The molecule has 0 heterocycles. The van der Waals surface area contributed by atoms with Gasteiger partial charge in [0.05, 0.1) is 17.9 Å². The van der Waals surface area contributed by atoms with Crippen LogP contribution in [0.4, 0.5) is 5.69 Å². The predicted molar refractivity (Wildman–Crippen MR) is 69.4 cm³/mol. The molecule has 0 saturated heterocycles. The van der Waals surface area contributed by atoms with Crippen molar-refractivity contribution in [1.82, 2.24) is 4.72 Å². The van der Waals surface area contributed by atoms with E-state index in [-0.39, 0.29) is 0 Å². The van der Waals surface area contributed by atoms with Gasteiger partial charge in [0.25, 0.3) is 0 Å². The summed E-state index contributed by atoms with van der Waals surface area (Å²) in [6.45, 7) is 0.558. The Hall–Kier alpha value is -1.49. The van der Waals surface area contributed by atoms with E-state index in [9.17, 15) is 4.55 Å². The van der Waals surface area contributed by atoms with E-state index >= 15 is 0 Å². The van der Waals surface area contributed by atoms with Gasteiger partial charge in [0.15, 0.2) is 4.90 Å². The summed E-state index contributed by atoms with van der Waals surface area (Å²) in [7, 11) is 0. The van der Waals surface area contributed by atoms with Gasteiger partial charge in [0, 0.05) is 17.8 Å². The van der Waals surface area contributed by atoms with Gasteiger partial charge in [-0.05, 0) is 17.7 Å². The highest BCUT2D eigenvalue weighted by Crippen LogP contribution is 2.12. The molecule has 0 aromatic heterocycles. The molecule has 0 fully saturated rings. The average molecular weight is 245 g/mol. The van der Waals surface area contributed by atoms with Crippen LogP contribution in [-0.4, -0.2) is 4.55 Å². The topological polar surface area (TPSA) is 61.1 Å². The van der Waals surface area contributed by atoms with E-state index in [1.165, 1.54) is 0 Å². The van der Waals surface area contributed by atoms with Gasteiger partial charge >= 0.3 is 0 Å². The molecule has 4 heteroatoms. The van der Waals surface area contributed by atoms with E-state index in [1.54, 1.807) is 18.2 Å². The summed E-state index contributed by atoms with van der Waals surface area (Å²) in [5, 5.41) is 0. The number of hydrogen-bond acceptors (Lipinski definition) is 3. The van der Waals surface area contributed by atoms with Crippen LogP contribution in [0, 0.1) is 6.07 Å². The Balaban J connectivity index is 1.96. The second-order valence-electron chi connectivity index (χ2n) is 3.58. The lowest BCUT2D eigenvalue weighted by Gasteiger charge is -2.10. The van der Waals surface area contributed by atoms with Gasteiger partial charge in [0.2, 0.25) is 0 Å². The molecular formula is C13H13N2OS. The third-order valence-corrected chi connectivity index (χ3v) is 3.32. The van der Waals surface area contributed by atoms with Crippen molar-refractivity contribution < 1.29 is 4.55 Å². The number of hydrogen-bond donors (Lipinski definition) is 2. The molecule has 2 aromatic carbocycles. The van der Waals surface area contributed by atoms with Crippen molar-refractivity contribution in [2.24, 2.45) is 0 Å². The monoisotopic (exact) mass is 245 g/mol. The van der Waals surface area contributed by atoms with Crippen LogP contribution in [-0.2, 0) is 17.9 Å². The fourth-order valence-corrected chi connectivity index (χ4v) is 2.29. The zero-order valence-corrected chi connectivity index (χ0v) is 10.0. The maximum Gasteiger partial charge on any atom is 0.176 e. The van der Waals surface area contributed by atoms with Crippen molar-refractivity contribution in [3.05, 3.63) is 60.2 Å². The summed E-state index contributed by atoms with van der Waals surface area (Å²) >= 11 is -1.26. The maximum absolute atomic E-state index is 11.9. The smallest absolute Gasteiger partial charge is 0.176 e. The zero-order valence-electron chi connectivity index (χ0n) is 9.22. The SMILES string of the molecule is Nc1c[c]cc([S+]([O-])NCc2ccccc2)c1. The van der Waals surface area contributed by atoms with Gasteiger partial charge in [0.1, 0.15) is 0 Å². The molecule has 2 rings (SSSR count). The number of rotatable bonds is 4. The first kappa shape index (κ1) is 12.0. The van der Waals surface area contributed by atoms with E-state index in [0.29, 0.717) is 17.1 Å². The number of nitrogens with one attached hydrogen (secondary N) is 1. The van der Waals surface area contributed by atoms with E-state index in [2.05, 4.69) is 10.8 Å². The van der Waals surface area contributed by atoms with Crippen molar-refractivity contribution in [2.45, 2.75) is 11.4 Å². The molecule has 1 atom stereocenters. The van der Waals surface area contributed by atoms with Gasteiger partial charge in [-0.3, -0.25) is 0 Å². The lowest BCUT2D eigenvalue weighted by atomic mass is 10.2. The van der Waals surface area contributed by atoms with E-state index in [4.69, 9.17) is 5.73 Å². The number of nitrogen functional groups attached to an aromatic ring is 1. The molecule has 2 aromatic rings. The number of anilines is 1. The van der Waals surface area contributed by atoms with Gasteiger partial charge < -0.3 is 10.3 Å². The third kappa shape index (κ3) is 3.49. The van der Waals surface area contributed by atoms with Gasteiger partial charge in [-0.2, -0.15) is 0 Å². The fourth-order valence-electron chi connectivity index (χ4n) is 1.40. The first-order chi connectivity index (χ1) is 8.25. The van der Waals surface area contributed by atoms with Gasteiger partial charge in [-0.15, -0.1) is 4.72 Å². The highest BCUT2D eigenvalue weighted by atomic mass is 32.2. The molecule has 3 nitrogen and oxygen atoms in total. The Labute approximate surface area is 104 Å². The Bertz CT molecular complexity index is 476. The van der Waals surface area contributed by atoms with Crippen LogP contribution in [0.15, 0.2) is 53.4 Å². The average Bonchev–Trinajstić information content (AvgIpc) is 2.37. The first-order valence-corrected chi connectivity index (χ1v) is 6.36. The molecule has 0 spiro atoms. The molecule has 0 amide bonds. The van der Waals surface area contributed by atoms with Gasteiger partial charge in [-0.25, -0.2) is 0 Å². The molecule has 87 valence electrons. The summed E-state index contributed by atoms with van der Waals surface area (Å²) in [6.07, 6.45) is 0. The van der Waals surface area contributed by atoms with Crippen molar-refractivity contribution in [3.8, 4) is 0 Å². The Kier molecular flexibility index (Phi) is 4.03. The normalized spacial score (nSPS) is 12.3. The van der Waals surface area contributed by atoms with Crippen molar-refractivity contribution in [2.75, 3.05) is 5.73 Å². The van der Waals surface area contributed by atoms with Crippen LogP contribution < -0.4 is 10.5 Å². The van der Waals surface area contributed by atoms with Gasteiger partial charge in [-0.1, -0.05) is 30.3 Å². The second kappa shape index (κ2) is 5.72. The molecule has 17 heavy (non-hydrogen) atoms. The molecule has 0 bridgehead atoms. The van der Waals surface area contributed by atoms with Crippen LogP contribution >= 0.6 is 0 Å². The van der Waals surface area contributed by atoms with E-state index < -0.39 is 11.4 Å². The Morgan fingerprint density at radius 2 is 2.00 bits per heavy atom. The van der Waals surface area contributed by atoms with Crippen LogP contribution in [0.2, 0.25) is 0 Å². The molecule has 3 N–H and O–H groups in total. The number of benzene rings is 2. The van der Waals surface area contributed by atoms with Crippen molar-refractivity contribution in [3.63, 3.8) is 0 Å². The largest absolute Gasteiger partial charge is 0.593 e. The summed E-state index contributed by atoms with van der Waals surface area (Å²) in [5.74, 6) is 0. The van der Waals surface area contributed by atoms with E-state index in [1.807, 2.05) is 30.3 Å². The molecule has 0 aliphatic heterocycles. The highest BCUT2D eigenvalue weighted by Gasteiger charge is 2.10. The molecule has 0 aliphatic carbocycles. The predicted octanol–water partition coefficient (Wildman–Crippen LogP) is 1.88. The minimum absolute atomic E-state index is 0.558. The standard InChI is InChI=1S/C13H13N2OS/c14-12-7-4-8-13(9-12)17(16)15-10-11-5-2-1-3-6-11/h1-3,5-9,15H,10,14H2. The van der Waals surface area contributed by atoms with Crippen LogP contribution in [0.25, 0.3) is 0 Å². The fraction of sp³-hybridized carbons (Fsp3) is 0.0769. The van der Waals surface area contributed by atoms with E-state index in [0.717, 1.165) is 5.56 Å². The minimum atomic E-state index is -1.26. The second-order valence-corrected chi connectivity index (χ2v) is 4.88. The molecule has 0 saturated carbocycles. The van der Waals surface area contributed by atoms with Crippen LogP contribution in [0.1, 0.15) is 5.56 Å². The minimum Gasteiger partial charge on any atom is -0.593 e.